The van der Waals surface area contributed by atoms with Gasteiger partial charge >= 0.3 is 0 Å². The van der Waals surface area contributed by atoms with Gasteiger partial charge in [0.05, 0.1) is 0 Å². The van der Waals surface area contributed by atoms with Gasteiger partial charge in [0.15, 0.2) is 0 Å². The van der Waals surface area contributed by atoms with Crippen LogP contribution in [0.25, 0.3) is 0 Å². The lowest BCUT2D eigenvalue weighted by atomic mass is 10.2. The van der Waals surface area contributed by atoms with Crippen LogP contribution in [0.15, 0.2) is 12.7 Å². The van der Waals surface area contributed by atoms with E-state index in [2.05, 4.69) is 6.58 Å². The lowest BCUT2D eigenvalue weighted by Crippen LogP contribution is -2.18. The number of rotatable bonds is 5. The molecule has 0 aromatic rings. The van der Waals surface area contributed by atoms with Crippen LogP contribution in [0.3, 0.4) is 0 Å². The Morgan fingerprint density at radius 1 is 1.80 bits per heavy atom. The predicted octanol–water partition coefficient (Wildman–Crippen LogP) is 0.590. The van der Waals surface area contributed by atoms with E-state index in [1.54, 1.807) is 6.08 Å². The van der Waals surface area contributed by atoms with Crippen molar-refractivity contribution in [2.45, 2.75) is 18.9 Å². The molecule has 0 aliphatic heterocycles. The van der Waals surface area contributed by atoms with Crippen LogP contribution < -0.4 is 0 Å². The molecule has 0 heterocycles. The van der Waals surface area contributed by atoms with Gasteiger partial charge in [-0.1, -0.05) is 6.08 Å². The van der Waals surface area contributed by atoms with E-state index in [1.807, 2.05) is 0 Å². The molecule has 1 atom stereocenters. The second-order valence-electron chi connectivity index (χ2n) is 2.04. The monoisotopic (exact) mass is 145 g/mol. The van der Waals surface area contributed by atoms with E-state index in [1.165, 1.54) is 0 Å². The first-order valence-corrected chi connectivity index (χ1v) is 3.07. The molecule has 58 valence electrons. The SMILES string of the molecule is C=CCCC(O)C[N+](=O)[O-]. The molecule has 0 saturated heterocycles. The van der Waals surface area contributed by atoms with Crippen molar-refractivity contribution in [3.8, 4) is 0 Å². The summed E-state index contributed by atoms with van der Waals surface area (Å²) in [5, 5.41) is 18.7. The van der Waals surface area contributed by atoms with Crippen LogP contribution in [-0.4, -0.2) is 22.7 Å². The molecule has 10 heavy (non-hydrogen) atoms. The van der Waals surface area contributed by atoms with Gasteiger partial charge in [0.1, 0.15) is 6.10 Å². The van der Waals surface area contributed by atoms with Gasteiger partial charge in [0.25, 0.3) is 0 Å². The molecule has 0 aromatic heterocycles. The first-order chi connectivity index (χ1) is 4.66. The Labute approximate surface area is 59.3 Å². The second-order valence-corrected chi connectivity index (χ2v) is 2.04. The van der Waals surface area contributed by atoms with Crippen LogP contribution in [0.1, 0.15) is 12.8 Å². The highest BCUT2D eigenvalue weighted by molar-refractivity contribution is 4.68. The minimum absolute atomic E-state index is 0.367. The van der Waals surface area contributed by atoms with E-state index in [0.29, 0.717) is 12.8 Å². The molecule has 0 aromatic carbocycles. The molecule has 0 saturated carbocycles. The highest BCUT2D eigenvalue weighted by Gasteiger charge is 2.08. The number of allylic oxidation sites excluding steroid dienone is 1. The summed E-state index contributed by atoms with van der Waals surface area (Å²) in [4.78, 5) is 9.27. The number of hydrogen-bond donors (Lipinski definition) is 1. The van der Waals surface area contributed by atoms with Gasteiger partial charge in [-0.05, 0) is 12.8 Å². The summed E-state index contributed by atoms with van der Waals surface area (Å²) in [5.74, 6) is 0. The van der Waals surface area contributed by atoms with E-state index in [0.717, 1.165) is 0 Å². The number of aliphatic hydroxyl groups is 1. The molecular formula is C6H11NO3. The van der Waals surface area contributed by atoms with Crippen LogP contribution in [0.2, 0.25) is 0 Å². The van der Waals surface area contributed by atoms with E-state index in [9.17, 15) is 10.1 Å². The highest BCUT2D eigenvalue weighted by atomic mass is 16.6. The van der Waals surface area contributed by atoms with Crippen LogP contribution in [-0.2, 0) is 0 Å². The van der Waals surface area contributed by atoms with Gasteiger partial charge in [0, 0.05) is 4.92 Å². The van der Waals surface area contributed by atoms with Gasteiger partial charge in [-0.25, -0.2) is 0 Å². The fourth-order valence-electron chi connectivity index (χ4n) is 0.574. The maximum Gasteiger partial charge on any atom is 0.229 e. The van der Waals surface area contributed by atoms with E-state index < -0.39 is 11.0 Å². The summed E-state index contributed by atoms with van der Waals surface area (Å²) in [6, 6.07) is 0. The fourth-order valence-corrected chi connectivity index (χ4v) is 0.574. The molecule has 1 unspecified atom stereocenters. The smallest absolute Gasteiger partial charge is 0.229 e. The molecular weight excluding hydrogens is 134 g/mol. The number of nitrogens with zero attached hydrogens (tertiary/aromatic N) is 1. The minimum Gasteiger partial charge on any atom is -0.386 e. The van der Waals surface area contributed by atoms with E-state index in [-0.39, 0.29) is 6.54 Å². The van der Waals surface area contributed by atoms with Crippen LogP contribution >= 0.6 is 0 Å². The van der Waals surface area contributed by atoms with Crippen molar-refractivity contribution in [1.82, 2.24) is 0 Å². The Morgan fingerprint density at radius 2 is 2.40 bits per heavy atom. The first-order valence-electron chi connectivity index (χ1n) is 3.07. The maximum atomic E-state index is 9.79. The Balaban J connectivity index is 3.33. The molecule has 0 rings (SSSR count). The lowest BCUT2D eigenvalue weighted by Gasteiger charge is -2.01. The van der Waals surface area contributed by atoms with Crippen LogP contribution in [0.4, 0.5) is 0 Å². The average molecular weight is 145 g/mol. The Morgan fingerprint density at radius 3 is 2.80 bits per heavy atom. The van der Waals surface area contributed by atoms with Crippen molar-refractivity contribution in [2.75, 3.05) is 6.54 Å². The Hall–Kier alpha value is -0.900. The van der Waals surface area contributed by atoms with Crippen molar-refractivity contribution in [1.29, 1.82) is 0 Å². The zero-order valence-corrected chi connectivity index (χ0v) is 5.69. The molecule has 0 spiro atoms. The van der Waals surface area contributed by atoms with Gasteiger partial charge in [-0.15, -0.1) is 6.58 Å². The normalized spacial score (nSPS) is 12.5. The van der Waals surface area contributed by atoms with E-state index >= 15 is 0 Å². The second kappa shape index (κ2) is 4.93. The van der Waals surface area contributed by atoms with Crippen LogP contribution in [0.5, 0.6) is 0 Å². The van der Waals surface area contributed by atoms with Crippen molar-refractivity contribution in [3.63, 3.8) is 0 Å². The minimum atomic E-state index is -0.826. The quantitative estimate of drug-likeness (QED) is 0.350. The summed E-state index contributed by atoms with van der Waals surface area (Å²) in [6.45, 7) is 3.06. The summed E-state index contributed by atoms with van der Waals surface area (Å²) in [6.07, 6.45) is 1.84. The third-order valence-corrected chi connectivity index (χ3v) is 1.06. The van der Waals surface area contributed by atoms with Gasteiger partial charge in [-0.2, -0.15) is 0 Å². The summed E-state index contributed by atoms with van der Waals surface area (Å²) in [7, 11) is 0. The Kier molecular flexibility index (Phi) is 4.49. The molecule has 1 N–H and O–H groups in total. The lowest BCUT2D eigenvalue weighted by molar-refractivity contribution is -0.490. The topological polar surface area (TPSA) is 63.4 Å². The molecule has 0 aliphatic carbocycles. The van der Waals surface area contributed by atoms with Crippen LogP contribution in [0, 0.1) is 10.1 Å². The van der Waals surface area contributed by atoms with Gasteiger partial charge < -0.3 is 5.11 Å². The number of hydrogen-bond acceptors (Lipinski definition) is 3. The van der Waals surface area contributed by atoms with Gasteiger partial charge in [-0.3, -0.25) is 10.1 Å². The Bertz CT molecular complexity index is 124. The summed E-state index contributed by atoms with van der Waals surface area (Å²) < 4.78 is 0. The molecule has 4 nitrogen and oxygen atoms in total. The van der Waals surface area contributed by atoms with Crippen molar-refractivity contribution >= 4 is 0 Å². The highest BCUT2D eigenvalue weighted by Crippen LogP contribution is 1.96. The third-order valence-electron chi connectivity index (χ3n) is 1.06. The standard InChI is InChI=1S/C6H11NO3/c1-2-3-4-6(8)5-7(9)10/h2,6,8H,1,3-5H2. The molecule has 0 bridgehead atoms. The number of nitro groups is 1. The average Bonchev–Trinajstić information content (AvgIpc) is 1.82. The molecule has 4 heteroatoms. The molecule has 0 radical (unpaired) electrons. The van der Waals surface area contributed by atoms with Crippen molar-refractivity contribution in [2.24, 2.45) is 0 Å². The zero-order valence-electron chi connectivity index (χ0n) is 5.69. The summed E-state index contributed by atoms with van der Waals surface area (Å²) in [5.41, 5.74) is 0. The largest absolute Gasteiger partial charge is 0.386 e. The first kappa shape index (κ1) is 9.10. The third kappa shape index (κ3) is 5.24. The van der Waals surface area contributed by atoms with Crippen molar-refractivity contribution in [3.05, 3.63) is 22.8 Å². The molecule has 0 amide bonds. The maximum absolute atomic E-state index is 9.79. The molecule has 0 aliphatic rings. The van der Waals surface area contributed by atoms with Crippen molar-refractivity contribution < 1.29 is 10.0 Å². The van der Waals surface area contributed by atoms with Gasteiger partial charge in [0.2, 0.25) is 6.54 Å². The van der Waals surface area contributed by atoms with E-state index in [4.69, 9.17) is 5.11 Å². The molecule has 0 fully saturated rings. The zero-order chi connectivity index (χ0) is 7.98. The predicted molar refractivity (Wildman–Crippen MR) is 37.3 cm³/mol. The fraction of sp³-hybridized carbons (Fsp3) is 0.667. The number of aliphatic hydroxyl groups excluding tert-OH is 1. The summed E-state index contributed by atoms with van der Waals surface area (Å²) >= 11 is 0.